The molecule has 0 radical (unpaired) electrons. The molecule has 6 atom stereocenters. The van der Waals surface area contributed by atoms with Gasteiger partial charge in [-0.05, 0) is 64.4 Å². The van der Waals surface area contributed by atoms with Crippen molar-refractivity contribution in [2.75, 3.05) is 14.2 Å². The van der Waals surface area contributed by atoms with Crippen molar-refractivity contribution in [3.8, 4) is 0 Å². The molecule has 1 N–H and O–H groups in total. The zero-order valence-electron chi connectivity index (χ0n) is 27.1. The second-order valence-corrected chi connectivity index (χ2v) is 11.9. The average Bonchev–Trinajstić information content (AvgIpc) is 2.98. The molecule has 9 heteroatoms. The molecule has 0 bridgehead atoms. The summed E-state index contributed by atoms with van der Waals surface area (Å²) in [4.78, 5) is 36.5. The maximum atomic E-state index is 13.0. The molecular formula is C34H52O9. The Hall–Kier alpha value is -2.75. The number of hydrogen-bond acceptors (Lipinski definition) is 9. The van der Waals surface area contributed by atoms with E-state index in [1.54, 1.807) is 26.0 Å². The monoisotopic (exact) mass is 604 g/mol. The molecule has 1 spiro atoms. The summed E-state index contributed by atoms with van der Waals surface area (Å²) >= 11 is 0. The number of carbonyl (C=O) groups excluding carboxylic acids is 3. The number of unbranched alkanes of at least 4 members (excludes halogenated alkanes) is 1. The molecule has 242 valence electrons. The molecule has 9 nitrogen and oxygen atoms in total. The first-order chi connectivity index (χ1) is 20.4. The van der Waals surface area contributed by atoms with Crippen molar-refractivity contribution >= 4 is 17.9 Å². The minimum atomic E-state index is -0.958. The molecule has 0 aromatic carbocycles. The number of aliphatic hydroxyl groups excluding tert-OH is 1. The van der Waals surface area contributed by atoms with Crippen molar-refractivity contribution in [2.45, 2.75) is 129 Å². The lowest BCUT2D eigenvalue weighted by atomic mass is 9.78. The Morgan fingerprint density at radius 2 is 1.72 bits per heavy atom. The molecule has 2 fully saturated rings. The average molecular weight is 605 g/mol. The van der Waals surface area contributed by atoms with E-state index in [-0.39, 0.29) is 18.9 Å². The van der Waals surface area contributed by atoms with Crippen LogP contribution in [0.2, 0.25) is 0 Å². The number of rotatable bonds is 14. The molecule has 0 aliphatic carbocycles. The van der Waals surface area contributed by atoms with Gasteiger partial charge in [-0.2, -0.15) is 0 Å². The fourth-order valence-corrected chi connectivity index (χ4v) is 5.47. The van der Waals surface area contributed by atoms with Crippen molar-refractivity contribution in [1.82, 2.24) is 0 Å². The van der Waals surface area contributed by atoms with Crippen molar-refractivity contribution < 1.29 is 43.2 Å². The third-order valence-corrected chi connectivity index (χ3v) is 8.19. The van der Waals surface area contributed by atoms with Crippen molar-refractivity contribution in [1.29, 1.82) is 0 Å². The number of esters is 3. The summed E-state index contributed by atoms with van der Waals surface area (Å²) in [5.74, 6) is -1.95. The van der Waals surface area contributed by atoms with Gasteiger partial charge in [-0.1, -0.05) is 56.2 Å². The first kappa shape index (κ1) is 36.4. The summed E-state index contributed by atoms with van der Waals surface area (Å²) in [5.41, 5.74) is 0.756. The van der Waals surface area contributed by atoms with Crippen LogP contribution in [0.5, 0.6) is 0 Å². The van der Waals surface area contributed by atoms with Crippen LogP contribution < -0.4 is 0 Å². The van der Waals surface area contributed by atoms with E-state index in [1.165, 1.54) is 20.3 Å². The van der Waals surface area contributed by atoms with Crippen LogP contribution in [0.15, 0.2) is 47.6 Å². The number of aliphatic hydroxyl groups is 1. The standard InChI is InChI=1S/C34H52O9/c1-8-9-19-33(43-31(37)17-16-30(36)39-6)21-22-34(42-29(33)15-12-25(3)23-32(38)40-7)20-18-26(4)28(41-34)14-11-24(2)10-13-27(5)35/h10-13,15,23,26-29,35H,8-9,14,16-22H2,1-7H3/t26-,27?,28+,29-,33+,34-/m0/s1. The zero-order valence-corrected chi connectivity index (χ0v) is 27.1. The maximum absolute atomic E-state index is 13.0. The van der Waals surface area contributed by atoms with Crippen LogP contribution >= 0.6 is 0 Å². The summed E-state index contributed by atoms with van der Waals surface area (Å²) < 4.78 is 29.3. The number of carbonyl (C=O) groups is 3. The summed E-state index contributed by atoms with van der Waals surface area (Å²) in [7, 11) is 2.61. The first-order valence-corrected chi connectivity index (χ1v) is 15.5. The predicted octanol–water partition coefficient (Wildman–Crippen LogP) is 6.05. The Morgan fingerprint density at radius 1 is 1.00 bits per heavy atom. The minimum absolute atomic E-state index is 0.0620. The van der Waals surface area contributed by atoms with Crippen molar-refractivity contribution in [3.05, 3.63) is 47.6 Å². The fourth-order valence-electron chi connectivity index (χ4n) is 5.47. The number of allylic oxidation sites excluding steroid dienone is 4. The molecule has 2 heterocycles. The van der Waals surface area contributed by atoms with Gasteiger partial charge in [-0.25, -0.2) is 4.79 Å². The molecule has 2 rings (SSSR count). The van der Waals surface area contributed by atoms with Crippen LogP contribution in [0.4, 0.5) is 0 Å². The Labute approximate surface area is 257 Å². The van der Waals surface area contributed by atoms with Gasteiger partial charge < -0.3 is 28.8 Å². The SMILES string of the molecule is CCCC[C@@]1(OC(=O)CCC(=O)OC)CC[C@]2(CC[C@H](C)[C@@H](CC=C(C)C=CC(C)O)O2)O[C@H]1C=CC(C)=CC(=O)OC. The Balaban J connectivity index is 2.39. The lowest BCUT2D eigenvalue weighted by Crippen LogP contribution is -2.59. The molecule has 2 aliphatic rings. The second-order valence-electron chi connectivity index (χ2n) is 11.9. The maximum Gasteiger partial charge on any atom is 0.330 e. The molecular weight excluding hydrogens is 552 g/mol. The lowest BCUT2D eigenvalue weighted by Gasteiger charge is -2.53. The van der Waals surface area contributed by atoms with Crippen LogP contribution in [-0.2, 0) is 38.1 Å². The van der Waals surface area contributed by atoms with Gasteiger partial charge in [0.15, 0.2) is 5.79 Å². The van der Waals surface area contributed by atoms with E-state index in [9.17, 15) is 19.5 Å². The minimum Gasteiger partial charge on any atom is -0.469 e. The van der Waals surface area contributed by atoms with Gasteiger partial charge >= 0.3 is 17.9 Å². The third-order valence-electron chi connectivity index (χ3n) is 8.19. The highest BCUT2D eigenvalue weighted by Gasteiger charge is 2.54. The molecule has 0 aromatic heterocycles. The highest BCUT2D eigenvalue weighted by molar-refractivity contribution is 5.83. The molecule has 43 heavy (non-hydrogen) atoms. The van der Waals surface area contributed by atoms with E-state index in [0.717, 1.165) is 24.8 Å². The fraction of sp³-hybridized carbons (Fsp3) is 0.676. The van der Waals surface area contributed by atoms with E-state index in [4.69, 9.17) is 23.7 Å². The molecule has 2 saturated heterocycles. The molecule has 2 aliphatic heterocycles. The highest BCUT2D eigenvalue weighted by Crippen LogP contribution is 2.48. The largest absolute Gasteiger partial charge is 0.469 e. The number of hydrogen-bond donors (Lipinski definition) is 1. The Morgan fingerprint density at radius 3 is 2.37 bits per heavy atom. The van der Waals surface area contributed by atoms with Crippen LogP contribution in [0, 0.1) is 5.92 Å². The van der Waals surface area contributed by atoms with Gasteiger partial charge in [0.2, 0.25) is 0 Å². The summed E-state index contributed by atoms with van der Waals surface area (Å²) in [6.07, 6.45) is 15.1. The van der Waals surface area contributed by atoms with Crippen LogP contribution in [-0.4, -0.2) is 66.9 Å². The predicted molar refractivity (Wildman–Crippen MR) is 164 cm³/mol. The summed E-state index contributed by atoms with van der Waals surface area (Å²) in [6, 6.07) is 0. The van der Waals surface area contributed by atoms with Gasteiger partial charge in [-0.15, -0.1) is 0 Å². The third kappa shape index (κ3) is 11.7. The molecule has 1 unspecified atom stereocenters. The lowest BCUT2D eigenvalue weighted by molar-refractivity contribution is -0.344. The van der Waals surface area contributed by atoms with E-state index in [1.807, 2.05) is 19.1 Å². The highest BCUT2D eigenvalue weighted by atomic mass is 16.7. The van der Waals surface area contributed by atoms with Gasteiger partial charge in [0.1, 0.15) is 11.7 Å². The normalized spacial score (nSPS) is 29.2. The number of methoxy groups -OCH3 is 2. The topological polar surface area (TPSA) is 118 Å². The summed E-state index contributed by atoms with van der Waals surface area (Å²) in [5, 5.41) is 9.56. The quantitative estimate of drug-likeness (QED) is 0.109. The Bertz CT molecular complexity index is 1060. The smallest absolute Gasteiger partial charge is 0.330 e. The van der Waals surface area contributed by atoms with Gasteiger partial charge in [0.25, 0.3) is 0 Å². The molecule has 0 aromatic rings. The van der Waals surface area contributed by atoms with Crippen molar-refractivity contribution in [2.24, 2.45) is 5.92 Å². The van der Waals surface area contributed by atoms with E-state index < -0.39 is 41.5 Å². The van der Waals surface area contributed by atoms with E-state index in [0.29, 0.717) is 43.6 Å². The van der Waals surface area contributed by atoms with Gasteiger partial charge in [0.05, 0.1) is 39.3 Å². The zero-order chi connectivity index (χ0) is 32.0. The second kappa shape index (κ2) is 17.5. The summed E-state index contributed by atoms with van der Waals surface area (Å²) in [6.45, 7) is 9.77. The van der Waals surface area contributed by atoms with Gasteiger partial charge in [-0.3, -0.25) is 9.59 Å². The van der Waals surface area contributed by atoms with E-state index in [2.05, 4.69) is 19.9 Å². The number of ether oxygens (including phenoxy) is 5. The van der Waals surface area contributed by atoms with Gasteiger partial charge in [0, 0.05) is 18.9 Å². The molecule has 0 amide bonds. The molecule has 0 saturated carbocycles. The van der Waals surface area contributed by atoms with Crippen LogP contribution in [0.3, 0.4) is 0 Å². The first-order valence-electron chi connectivity index (χ1n) is 15.5. The van der Waals surface area contributed by atoms with Crippen molar-refractivity contribution in [3.63, 3.8) is 0 Å². The van der Waals surface area contributed by atoms with E-state index >= 15 is 0 Å². The Kier molecular flexibility index (Phi) is 14.8. The van der Waals surface area contributed by atoms with Crippen LogP contribution in [0.1, 0.15) is 98.8 Å². The van der Waals surface area contributed by atoms with Crippen LogP contribution in [0.25, 0.3) is 0 Å².